The number of non-ortho nitro benzene ring substituents is 1. The monoisotopic (exact) mass is 304 g/mol. The lowest BCUT2D eigenvalue weighted by Crippen LogP contribution is -2.12. The van der Waals surface area contributed by atoms with Crippen LogP contribution in [-0.4, -0.2) is 13.3 Å². The Labute approximate surface area is 121 Å². The standard InChI is InChI=1S/C14H12N2O4S/c1-2-11-3-5-12(6-4-11)15-21(19,20)14-9-7-13(8-10-14)16(17)18/h2-10,15H,1H2. The predicted molar refractivity (Wildman–Crippen MR) is 80.4 cm³/mol. The van der Waals surface area contributed by atoms with Crippen molar-refractivity contribution in [3.05, 3.63) is 70.8 Å². The van der Waals surface area contributed by atoms with E-state index < -0.39 is 14.9 Å². The summed E-state index contributed by atoms with van der Waals surface area (Å²) in [5, 5.41) is 10.5. The van der Waals surface area contributed by atoms with Gasteiger partial charge >= 0.3 is 0 Å². The second-order valence-electron chi connectivity index (χ2n) is 4.18. The fourth-order valence-corrected chi connectivity index (χ4v) is 2.71. The molecular formula is C14H12N2O4S. The molecule has 0 spiro atoms. The molecule has 108 valence electrons. The minimum atomic E-state index is -3.77. The molecule has 2 aromatic carbocycles. The highest BCUT2D eigenvalue weighted by atomic mass is 32.2. The van der Waals surface area contributed by atoms with Gasteiger partial charge in [0, 0.05) is 17.8 Å². The van der Waals surface area contributed by atoms with Gasteiger partial charge in [-0.15, -0.1) is 0 Å². The molecule has 0 saturated heterocycles. The second kappa shape index (κ2) is 5.76. The van der Waals surface area contributed by atoms with E-state index in [9.17, 15) is 18.5 Å². The van der Waals surface area contributed by atoms with Crippen molar-refractivity contribution >= 4 is 27.5 Å². The summed E-state index contributed by atoms with van der Waals surface area (Å²) in [4.78, 5) is 9.92. The highest BCUT2D eigenvalue weighted by Gasteiger charge is 2.15. The molecule has 1 N–H and O–H groups in total. The first-order valence-corrected chi connectivity index (χ1v) is 7.40. The maximum absolute atomic E-state index is 12.1. The molecule has 0 fully saturated rings. The Kier molecular flexibility index (Phi) is 4.04. The van der Waals surface area contributed by atoms with Crippen LogP contribution in [0.5, 0.6) is 0 Å². The molecule has 0 heterocycles. The summed E-state index contributed by atoms with van der Waals surface area (Å²) in [6, 6.07) is 11.4. The molecule has 2 aromatic rings. The van der Waals surface area contributed by atoms with Gasteiger partial charge in [-0.2, -0.15) is 0 Å². The number of nitro benzene ring substituents is 1. The molecule has 21 heavy (non-hydrogen) atoms. The van der Waals surface area contributed by atoms with Crippen LogP contribution in [0.4, 0.5) is 11.4 Å². The fourth-order valence-electron chi connectivity index (χ4n) is 1.65. The number of sulfonamides is 1. The number of nitrogens with one attached hydrogen (secondary N) is 1. The van der Waals surface area contributed by atoms with Gasteiger partial charge in [-0.25, -0.2) is 8.42 Å². The Morgan fingerprint density at radius 1 is 1.05 bits per heavy atom. The Morgan fingerprint density at radius 2 is 1.62 bits per heavy atom. The van der Waals surface area contributed by atoms with Crippen LogP contribution in [0, 0.1) is 10.1 Å². The summed E-state index contributed by atoms with van der Waals surface area (Å²) >= 11 is 0. The van der Waals surface area contributed by atoms with Crippen molar-refractivity contribution in [1.82, 2.24) is 0 Å². The van der Waals surface area contributed by atoms with Gasteiger partial charge in [0.15, 0.2) is 0 Å². The number of nitro groups is 1. The highest BCUT2D eigenvalue weighted by Crippen LogP contribution is 2.19. The first kappa shape index (κ1) is 14.7. The van der Waals surface area contributed by atoms with E-state index in [0.29, 0.717) is 5.69 Å². The number of hydrogen-bond acceptors (Lipinski definition) is 4. The molecule has 7 heteroatoms. The summed E-state index contributed by atoms with van der Waals surface area (Å²) in [7, 11) is -3.77. The lowest BCUT2D eigenvalue weighted by Gasteiger charge is -2.08. The van der Waals surface area contributed by atoms with E-state index in [-0.39, 0.29) is 10.6 Å². The minimum Gasteiger partial charge on any atom is -0.280 e. The lowest BCUT2D eigenvalue weighted by atomic mass is 10.2. The average molecular weight is 304 g/mol. The van der Waals surface area contributed by atoms with Crippen molar-refractivity contribution in [3.8, 4) is 0 Å². The third kappa shape index (κ3) is 3.46. The smallest absolute Gasteiger partial charge is 0.269 e. The molecule has 0 aromatic heterocycles. The van der Waals surface area contributed by atoms with Crippen LogP contribution in [-0.2, 0) is 10.0 Å². The molecule has 0 amide bonds. The van der Waals surface area contributed by atoms with Crippen LogP contribution in [0.25, 0.3) is 6.08 Å². The zero-order valence-electron chi connectivity index (χ0n) is 10.9. The van der Waals surface area contributed by atoms with E-state index in [0.717, 1.165) is 17.7 Å². The fraction of sp³-hybridized carbons (Fsp3) is 0. The summed E-state index contributed by atoms with van der Waals surface area (Å²) in [6.45, 7) is 3.61. The van der Waals surface area contributed by atoms with Gasteiger partial charge in [0.05, 0.1) is 9.82 Å². The topological polar surface area (TPSA) is 89.3 Å². The zero-order chi connectivity index (χ0) is 15.5. The number of nitrogens with zero attached hydrogens (tertiary/aromatic N) is 1. The Morgan fingerprint density at radius 3 is 2.10 bits per heavy atom. The van der Waals surface area contributed by atoms with Crippen LogP contribution in [0.1, 0.15) is 5.56 Å². The maximum atomic E-state index is 12.1. The van der Waals surface area contributed by atoms with E-state index in [1.54, 1.807) is 30.3 Å². The van der Waals surface area contributed by atoms with Gasteiger partial charge in [-0.3, -0.25) is 14.8 Å². The van der Waals surface area contributed by atoms with Crippen molar-refractivity contribution in [1.29, 1.82) is 0 Å². The highest BCUT2D eigenvalue weighted by molar-refractivity contribution is 7.92. The zero-order valence-corrected chi connectivity index (χ0v) is 11.7. The summed E-state index contributed by atoms with van der Waals surface area (Å²) in [5.41, 5.74) is 1.11. The van der Waals surface area contributed by atoms with E-state index in [1.807, 2.05) is 0 Å². The quantitative estimate of drug-likeness (QED) is 0.679. The van der Waals surface area contributed by atoms with E-state index in [2.05, 4.69) is 11.3 Å². The SMILES string of the molecule is C=Cc1ccc(NS(=O)(=O)c2ccc([N+](=O)[O-])cc2)cc1. The third-order valence-corrected chi connectivity index (χ3v) is 4.15. The predicted octanol–water partition coefficient (Wildman–Crippen LogP) is 3.04. The van der Waals surface area contributed by atoms with Crippen molar-refractivity contribution in [2.75, 3.05) is 4.72 Å². The Bertz CT molecular complexity index is 766. The van der Waals surface area contributed by atoms with Crippen LogP contribution in [0.3, 0.4) is 0 Å². The number of rotatable bonds is 5. The van der Waals surface area contributed by atoms with Gasteiger partial charge < -0.3 is 0 Å². The first-order chi connectivity index (χ1) is 9.92. The largest absolute Gasteiger partial charge is 0.280 e. The molecule has 0 saturated carbocycles. The molecule has 0 radical (unpaired) electrons. The normalized spacial score (nSPS) is 10.9. The molecule has 6 nitrogen and oxygen atoms in total. The molecule has 0 aliphatic heterocycles. The van der Waals surface area contributed by atoms with Crippen molar-refractivity contribution < 1.29 is 13.3 Å². The summed E-state index contributed by atoms with van der Waals surface area (Å²) in [5.74, 6) is 0. The number of hydrogen-bond donors (Lipinski definition) is 1. The van der Waals surface area contributed by atoms with Crippen LogP contribution >= 0.6 is 0 Å². The molecule has 0 bridgehead atoms. The number of anilines is 1. The third-order valence-electron chi connectivity index (χ3n) is 2.76. The van der Waals surface area contributed by atoms with Gasteiger partial charge in [0.25, 0.3) is 15.7 Å². The van der Waals surface area contributed by atoms with Crippen LogP contribution in [0.2, 0.25) is 0 Å². The van der Waals surface area contributed by atoms with Gasteiger partial charge in [0.1, 0.15) is 0 Å². The molecule has 0 atom stereocenters. The van der Waals surface area contributed by atoms with Crippen molar-refractivity contribution in [2.45, 2.75) is 4.90 Å². The first-order valence-electron chi connectivity index (χ1n) is 5.92. The molecule has 2 rings (SSSR count). The van der Waals surface area contributed by atoms with Gasteiger partial charge in [0.2, 0.25) is 0 Å². The molecule has 0 unspecified atom stereocenters. The molecule has 0 aliphatic carbocycles. The minimum absolute atomic E-state index is 0.0408. The molecular weight excluding hydrogens is 292 g/mol. The van der Waals surface area contributed by atoms with Crippen molar-refractivity contribution in [2.24, 2.45) is 0 Å². The van der Waals surface area contributed by atoms with E-state index >= 15 is 0 Å². The van der Waals surface area contributed by atoms with Crippen LogP contribution in [0.15, 0.2) is 60.0 Å². The van der Waals surface area contributed by atoms with Crippen LogP contribution < -0.4 is 4.72 Å². The van der Waals surface area contributed by atoms with Gasteiger partial charge in [-0.05, 0) is 29.8 Å². The van der Waals surface area contributed by atoms with E-state index in [4.69, 9.17) is 0 Å². The summed E-state index contributed by atoms with van der Waals surface area (Å²) in [6.07, 6.45) is 1.65. The second-order valence-corrected chi connectivity index (χ2v) is 5.87. The van der Waals surface area contributed by atoms with Crippen molar-refractivity contribution in [3.63, 3.8) is 0 Å². The maximum Gasteiger partial charge on any atom is 0.269 e. The molecule has 0 aliphatic rings. The summed E-state index contributed by atoms with van der Waals surface area (Å²) < 4.78 is 26.7. The number of benzene rings is 2. The van der Waals surface area contributed by atoms with Gasteiger partial charge in [-0.1, -0.05) is 24.8 Å². The van der Waals surface area contributed by atoms with E-state index in [1.165, 1.54) is 12.1 Å². The Hall–Kier alpha value is -2.67. The average Bonchev–Trinajstić information content (AvgIpc) is 2.48. The Balaban J connectivity index is 2.24. The lowest BCUT2D eigenvalue weighted by molar-refractivity contribution is -0.384.